The molecule has 0 atom stereocenters. The normalized spacial score (nSPS) is 19.4. The van der Waals surface area contributed by atoms with Gasteiger partial charge in [-0.25, -0.2) is 0 Å². The molecule has 0 amide bonds. The van der Waals surface area contributed by atoms with Crippen molar-refractivity contribution < 1.29 is 10.2 Å². The van der Waals surface area contributed by atoms with E-state index in [2.05, 4.69) is 20.8 Å². The Hall–Kier alpha value is 0.360. The maximum absolute atomic E-state index is 8.82. The predicted molar refractivity (Wildman–Crippen MR) is 56.1 cm³/mol. The van der Waals surface area contributed by atoms with Crippen molar-refractivity contribution >= 4 is 15.9 Å². The first-order valence-electron chi connectivity index (χ1n) is 4.76. The Morgan fingerprint density at radius 2 is 1.69 bits per heavy atom. The van der Waals surface area contributed by atoms with Gasteiger partial charge in [-0.2, -0.15) is 0 Å². The van der Waals surface area contributed by atoms with Crippen molar-refractivity contribution in [1.29, 1.82) is 0 Å². The van der Waals surface area contributed by atoms with E-state index in [0.717, 1.165) is 11.9 Å². The largest absolute Gasteiger partial charge is 0.395 e. The third-order valence-corrected chi connectivity index (χ3v) is 3.82. The molecule has 0 aromatic heterocycles. The predicted octanol–water partition coefficient (Wildman–Crippen LogP) is 0.448. The Morgan fingerprint density at radius 1 is 1.15 bits per heavy atom. The molecule has 1 rings (SSSR count). The van der Waals surface area contributed by atoms with Crippen LogP contribution >= 0.6 is 15.9 Å². The summed E-state index contributed by atoms with van der Waals surface area (Å²) in [5, 5.41) is 18.7. The van der Waals surface area contributed by atoms with Crippen LogP contribution in [0.2, 0.25) is 0 Å². The lowest BCUT2D eigenvalue weighted by Crippen LogP contribution is -2.35. The Morgan fingerprint density at radius 3 is 2.00 bits per heavy atom. The minimum absolute atomic E-state index is 0.179. The molecule has 3 nitrogen and oxygen atoms in total. The third kappa shape index (κ3) is 3.54. The van der Waals surface area contributed by atoms with Crippen LogP contribution in [-0.2, 0) is 0 Å². The average molecular weight is 252 g/mol. The molecule has 2 N–H and O–H groups in total. The fourth-order valence-corrected chi connectivity index (χ4v) is 2.28. The maximum atomic E-state index is 8.82. The second-order valence-electron chi connectivity index (χ2n) is 3.86. The molecule has 0 radical (unpaired) electrons. The first kappa shape index (κ1) is 11.4. The van der Waals surface area contributed by atoms with Crippen LogP contribution in [0.4, 0.5) is 0 Å². The number of hydrogen-bond acceptors (Lipinski definition) is 3. The number of hydrogen-bond donors (Lipinski definition) is 2. The summed E-state index contributed by atoms with van der Waals surface area (Å²) in [5.74, 6) is 0. The van der Waals surface area contributed by atoms with Crippen LogP contribution in [0.15, 0.2) is 0 Å². The van der Waals surface area contributed by atoms with Gasteiger partial charge in [-0.1, -0.05) is 15.9 Å². The lowest BCUT2D eigenvalue weighted by atomic mass is 10.1. The van der Waals surface area contributed by atoms with Crippen LogP contribution < -0.4 is 0 Å². The Bertz CT molecular complexity index is 145. The van der Waals surface area contributed by atoms with Crippen LogP contribution in [0, 0.1) is 5.41 Å². The Labute approximate surface area is 87.9 Å². The zero-order valence-corrected chi connectivity index (χ0v) is 9.46. The summed E-state index contributed by atoms with van der Waals surface area (Å²) >= 11 is 3.51. The molecule has 0 aliphatic heterocycles. The summed E-state index contributed by atoms with van der Waals surface area (Å²) < 4.78 is 0. The molecule has 0 heterocycles. The standard InChI is InChI=1S/C9H18BrNO2/c10-7-9(1-2-9)8-11(3-5-12)4-6-13/h12-13H,1-8H2. The summed E-state index contributed by atoms with van der Waals surface area (Å²) in [6.45, 7) is 2.71. The second-order valence-corrected chi connectivity index (χ2v) is 4.42. The number of aliphatic hydroxyl groups excluding tert-OH is 2. The van der Waals surface area contributed by atoms with Gasteiger partial charge in [0.05, 0.1) is 13.2 Å². The van der Waals surface area contributed by atoms with E-state index in [1.165, 1.54) is 12.8 Å². The minimum Gasteiger partial charge on any atom is -0.395 e. The van der Waals surface area contributed by atoms with E-state index in [-0.39, 0.29) is 13.2 Å². The number of nitrogens with zero attached hydrogens (tertiary/aromatic N) is 1. The van der Waals surface area contributed by atoms with E-state index in [1.54, 1.807) is 0 Å². The molecule has 1 aliphatic rings. The van der Waals surface area contributed by atoms with Crippen molar-refractivity contribution in [3.63, 3.8) is 0 Å². The fourth-order valence-electron chi connectivity index (χ4n) is 1.54. The van der Waals surface area contributed by atoms with E-state index in [0.29, 0.717) is 18.5 Å². The highest BCUT2D eigenvalue weighted by molar-refractivity contribution is 9.09. The van der Waals surface area contributed by atoms with Gasteiger partial charge in [-0.15, -0.1) is 0 Å². The Kier molecular flexibility index (Phi) is 4.66. The van der Waals surface area contributed by atoms with Gasteiger partial charge in [0.1, 0.15) is 0 Å². The molecule has 0 aromatic carbocycles. The lowest BCUT2D eigenvalue weighted by Gasteiger charge is -2.24. The first-order chi connectivity index (χ1) is 6.26. The molecule has 1 fully saturated rings. The highest BCUT2D eigenvalue weighted by Gasteiger charge is 2.42. The van der Waals surface area contributed by atoms with Gasteiger partial charge in [-0.3, -0.25) is 4.90 Å². The van der Waals surface area contributed by atoms with Gasteiger partial charge >= 0.3 is 0 Å². The molecule has 0 aromatic rings. The zero-order chi connectivity index (χ0) is 9.73. The van der Waals surface area contributed by atoms with Crippen LogP contribution in [0.25, 0.3) is 0 Å². The SMILES string of the molecule is OCCN(CCO)CC1(CBr)CC1. The van der Waals surface area contributed by atoms with Gasteiger partial charge in [0.25, 0.3) is 0 Å². The van der Waals surface area contributed by atoms with Gasteiger partial charge in [-0.05, 0) is 18.3 Å². The number of halogens is 1. The molecular weight excluding hydrogens is 234 g/mol. The molecule has 0 unspecified atom stereocenters. The molecule has 0 saturated heterocycles. The van der Waals surface area contributed by atoms with E-state index in [1.807, 2.05) is 0 Å². The van der Waals surface area contributed by atoms with E-state index >= 15 is 0 Å². The van der Waals surface area contributed by atoms with Crippen LogP contribution in [-0.4, -0.2) is 53.3 Å². The fraction of sp³-hybridized carbons (Fsp3) is 1.00. The van der Waals surface area contributed by atoms with Crippen LogP contribution in [0.1, 0.15) is 12.8 Å². The maximum Gasteiger partial charge on any atom is 0.0558 e. The molecule has 78 valence electrons. The highest BCUT2D eigenvalue weighted by Crippen LogP contribution is 2.47. The van der Waals surface area contributed by atoms with Gasteiger partial charge in [0, 0.05) is 25.0 Å². The van der Waals surface area contributed by atoms with Gasteiger partial charge < -0.3 is 10.2 Å². The van der Waals surface area contributed by atoms with Crippen LogP contribution in [0.3, 0.4) is 0 Å². The molecule has 4 heteroatoms. The topological polar surface area (TPSA) is 43.7 Å². The smallest absolute Gasteiger partial charge is 0.0558 e. The van der Waals surface area contributed by atoms with Crippen molar-refractivity contribution in [2.75, 3.05) is 38.2 Å². The van der Waals surface area contributed by atoms with Crippen molar-refractivity contribution in [2.45, 2.75) is 12.8 Å². The summed E-state index contributed by atoms with van der Waals surface area (Å²) in [5.41, 5.74) is 0.435. The first-order valence-corrected chi connectivity index (χ1v) is 5.88. The van der Waals surface area contributed by atoms with Gasteiger partial charge in [0.15, 0.2) is 0 Å². The number of rotatable bonds is 7. The van der Waals surface area contributed by atoms with Crippen molar-refractivity contribution in [1.82, 2.24) is 4.90 Å². The molecule has 0 spiro atoms. The Balaban J connectivity index is 2.28. The molecule has 13 heavy (non-hydrogen) atoms. The molecular formula is C9H18BrNO2. The number of aliphatic hydroxyl groups is 2. The van der Waals surface area contributed by atoms with E-state index in [9.17, 15) is 0 Å². The van der Waals surface area contributed by atoms with Crippen molar-refractivity contribution in [2.24, 2.45) is 5.41 Å². The number of alkyl halides is 1. The van der Waals surface area contributed by atoms with E-state index < -0.39 is 0 Å². The van der Waals surface area contributed by atoms with Crippen LogP contribution in [0.5, 0.6) is 0 Å². The van der Waals surface area contributed by atoms with Gasteiger partial charge in [0.2, 0.25) is 0 Å². The quantitative estimate of drug-likeness (QED) is 0.646. The zero-order valence-electron chi connectivity index (χ0n) is 7.88. The summed E-state index contributed by atoms with van der Waals surface area (Å²) in [6.07, 6.45) is 2.54. The highest BCUT2D eigenvalue weighted by atomic mass is 79.9. The monoisotopic (exact) mass is 251 g/mol. The molecule has 1 saturated carbocycles. The summed E-state index contributed by atoms with van der Waals surface area (Å²) in [7, 11) is 0. The van der Waals surface area contributed by atoms with Crippen molar-refractivity contribution in [3.8, 4) is 0 Å². The van der Waals surface area contributed by atoms with E-state index in [4.69, 9.17) is 10.2 Å². The molecule has 0 bridgehead atoms. The summed E-state index contributed by atoms with van der Waals surface area (Å²) in [6, 6.07) is 0. The minimum atomic E-state index is 0.179. The second kappa shape index (κ2) is 5.29. The third-order valence-electron chi connectivity index (χ3n) is 2.63. The summed E-state index contributed by atoms with van der Waals surface area (Å²) in [4.78, 5) is 2.13. The molecule has 1 aliphatic carbocycles. The average Bonchev–Trinajstić information content (AvgIpc) is 2.87. The van der Waals surface area contributed by atoms with Crippen molar-refractivity contribution in [3.05, 3.63) is 0 Å². The lowest BCUT2D eigenvalue weighted by molar-refractivity contribution is 0.144.